The standard InChI is InChI=1S/C17H24N2S/c1-5-13-7-6-10-19-15(13)12-18-11-14-8-9-16(20-14)17(2,3)4/h6-10,18H,5,11-12H2,1-4H3. The highest BCUT2D eigenvalue weighted by molar-refractivity contribution is 7.12. The maximum Gasteiger partial charge on any atom is 0.0573 e. The minimum Gasteiger partial charge on any atom is -0.306 e. The number of hydrogen-bond acceptors (Lipinski definition) is 3. The molecule has 0 saturated carbocycles. The summed E-state index contributed by atoms with van der Waals surface area (Å²) in [5.41, 5.74) is 2.75. The summed E-state index contributed by atoms with van der Waals surface area (Å²) in [4.78, 5) is 7.30. The number of aryl methyl sites for hydroxylation is 1. The van der Waals surface area contributed by atoms with Gasteiger partial charge in [0.15, 0.2) is 0 Å². The molecule has 2 rings (SSSR count). The van der Waals surface area contributed by atoms with Crippen LogP contribution in [0.3, 0.4) is 0 Å². The van der Waals surface area contributed by atoms with E-state index in [1.54, 1.807) is 0 Å². The number of thiophene rings is 1. The molecule has 108 valence electrons. The van der Waals surface area contributed by atoms with Gasteiger partial charge in [-0.3, -0.25) is 4.98 Å². The van der Waals surface area contributed by atoms with Crippen molar-refractivity contribution in [2.75, 3.05) is 0 Å². The molecule has 0 radical (unpaired) electrons. The van der Waals surface area contributed by atoms with Crippen molar-refractivity contribution in [2.45, 2.75) is 52.6 Å². The van der Waals surface area contributed by atoms with Gasteiger partial charge in [0.05, 0.1) is 5.69 Å². The Balaban J connectivity index is 1.91. The first-order valence-electron chi connectivity index (χ1n) is 7.23. The molecule has 0 aromatic carbocycles. The van der Waals surface area contributed by atoms with Gasteiger partial charge in [0.2, 0.25) is 0 Å². The average Bonchev–Trinajstić information content (AvgIpc) is 2.88. The van der Waals surface area contributed by atoms with Crippen LogP contribution in [0.15, 0.2) is 30.5 Å². The third kappa shape index (κ3) is 3.90. The molecule has 0 spiro atoms. The highest BCUT2D eigenvalue weighted by Crippen LogP contribution is 2.29. The quantitative estimate of drug-likeness (QED) is 0.887. The molecule has 3 heteroatoms. The van der Waals surface area contributed by atoms with E-state index >= 15 is 0 Å². The summed E-state index contributed by atoms with van der Waals surface area (Å²) in [5.74, 6) is 0. The van der Waals surface area contributed by atoms with E-state index in [1.165, 1.54) is 21.0 Å². The molecule has 2 aromatic rings. The molecule has 20 heavy (non-hydrogen) atoms. The van der Waals surface area contributed by atoms with Crippen LogP contribution in [-0.4, -0.2) is 4.98 Å². The van der Waals surface area contributed by atoms with E-state index in [-0.39, 0.29) is 5.41 Å². The molecule has 0 amide bonds. The lowest BCUT2D eigenvalue weighted by molar-refractivity contribution is 0.604. The van der Waals surface area contributed by atoms with Crippen LogP contribution in [-0.2, 0) is 24.9 Å². The molecule has 0 bridgehead atoms. The summed E-state index contributed by atoms with van der Waals surface area (Å²) in [5, 5.41) is 3.51. The summed E-state index contributed by atoms with van der Waals surface area (Å²) in [6.45, 7) is 10.7. The predicted molar refractivity (Wildman–Crippen MR) is 87.2 cm³/mol. The first-order valence-corrected chi connectivity index (χ1v) is 8.05. The third-order valence-corrected chi connectivity index (χ3v) is 4.87. The van der Waals surface area contributed by atoms with Gasteiger partial charge in [0.25, 0.3) is 0 Å². The van der Waals surface area contributed by atoms with Crippen molar-refractivity contribution in [1.82, 2.24) is 10.3 Å². The van der Waals surface area contributed by atoms with Gasteiger partial charge >= 0.3 is 0 Å². The fourth-order valence-electron chi connectivity index (χ4n) is 2.13. The van der Waals surface area contributed by atoms with Crippen molar-refractivity contribution in [1.29, 1.82) is 0 Å². The van der Waals surface area contributed by atoms with Crippen LogP contribution >= 0.6 is 11.3 Å². The van der Waals surface area contributed by atoms with Gasteiger partial charge in [-0.15, -0.1) is 11.3 Å². The SMILES string of the molecule is CCc1cccnc1CNCc1ccc(C(C)(C)C)s1. The Kier molecular flexibility index (Phi) is 4.95. The lowest BCUT2D eigenvalue weighted by Gasteiger charge is -2.15. The average molecular weight is 288 g/mol. The first kappa shape index (κ1) is 15.2. The number of nitrogens with one attached hydrogen (secondary N) is 1. The van der Waals surface area contributed by atoms with Gasteiger partial charge in [-0.05, 0) is 35.6 Å². The summed E-state index contributed by atoms with van der Waals surface area (Å²) >= 11 is 1.90. The lowest BCUT2D eigenvalue weighted by atomic mass is 9.95. The fourth-order valence-corrected chi connectivity index (χ4v) is 3.17. The largest absolute Gasteiger partial charge is 0.306 e. The van der Waals surface area contributed by atoms with Crippen molar-refractivity contribution in [3.8, 4) is 0 Å². The van der Waals surface area contributed by atoms with Crippen molar-refractivity contribution < 1.29 is 0 Å². The zero-order valence-corrected chi connectivity index (χ0v) is 13.7. The van der Waals surface area contributed by atoms with Crippen molar-refractivity contribution >= 4 is 11.3 Å². The van der Waals surface area contributed by atoms with Gasteiger partial charge < -0.3 is 5.32 Å². The Morgan fingerprint density at radius 1 is 1.15 bits per heavy atom. The number of nitrogens with zero attached hydrogens (tertiary/aromatic N) is 1. The fraction of sp³-hybridized carbons (Fsp3) is 0.471. The predicted octanol–water partition coefficient (Wildman–Crippen LogP) is 4.29. The van der Waals surface area contributed by atoms with Gasteiger partial charge in [-0.2, -0.15) is 0 Å². The van der Waals surface area contributed by atoms with E-state index < -0.39 is 0 Å². The van der Waals surface area contributed by atoms with Crippen LogP contribution in [0.5, 0.6) is 0 Å². The molecule has 2 nitrogen and oxygen atoms in total. The molecule has 1 N–H and O–H groups in total. The monoisotopic (exact) mass is 288 g/mol. The molecule has 0 saturated heterocycles. The Morgan fingerprint density at radius 2 is 1.95 bits per heavy atom. The van der Waals surface area contributed by atoms with Gasteiger partial charge in [-0.1, -0.05) is 33.8 Å². The minimum atomic E-state index is 0.249. The smallest absolute Gasteiger partial charge is 0.0573 e. The maximum absolute atomic E-state index is 4.47. The molecule has 0 aliphatic heterocycles. The maximum atomic E-state index is 4.47. The highest BCUT2D eigenvalue weighted by Gasteiger charge is 2.15. The Hall–Kier alpha value is -1.19. The minimum absolute atomic E-state index is 0.249. The van der Waals surface area contributed by atoms with Gasteiger partial charge in [0.1, 0.15) is 0 Å². The van der Waals surface area contributed by atoms with E-state index in [9.17, 15) is 0 Å². The van der Waals surface area contributed by atoms with Crippen LogP contribution < -0.4 is 5.32 Å². The molecule has 2 heterocycles. The Labute approximate surface area is 126 Å². The summed E-state index contributed by atoms with van der Waals surface area (Å²) in [6, 6.07) is 8.65. The van der Waals surface area contributed by atoms with Crippen molar-refractivity contribution in [2.24, 2.45) is 0 Å². The van der Waals surface area contributed by atoms with E-state index in [1.807, 2.05) is 23.6 Å². The second-order valence-electron chi connectivity index (χ2n) is 6.08. The van der Waals surface area contributed by atoms with Crippen LogP contribution in [0.2, 0.25) is 0 Å². The molecular weight excluding hydrogens is 264 g/mol. The number of rotatable bonds is 5. The summed E-state index contributed by atoms with van der Waals surface area (Å²) in [7, 11) is 0. The molecule has 2 aromatic heterocycles. The van der Waals surface area contributed by atoms with E-state index in [4.69, 9.17) is 0 Å². The molecule has 0 unspecified atom stereocenters. The molecule has 0 fully saturated rings. The second-order valence-corrected chi connectivity index (χ2v) is 7.25. The molecular formula is C17H24N2S. The Bertz CT molecular complexity index is 552. The number of hydrogen-bond donors (Lipinski definition) is 1. The second kappa shape index (κ2) is 6.51. The number of aromatic nitrogens is 1. The van der Waals surface area contributed by atoms with E-state index in [2.05, 4.69) is 56.2 Å². The highest BCUT2D eigenvalue weighted by atomic mass is 32.1. The molecule has 0 aliphatic carbocycles. The van der Waals surface area contributed by atoms with Crippen LogP contribution in [0.25, 0.3) is 0 Å². The van der Waals surface area contributed by atoms with Gasteiger partial charge in [-0.25, -0.2) is 0 Å². The summed E-state index contributed by atoms with van der Waals surface area (Å²) < 4.78 is 0. The van der Waals surface area contributed by atoms with Crippen LogP contribution in [0.1, 0.15) is 48.7 Å². The van der Waals surface area contributed by atoms with E-state index in [0.717, 1.165) is 19.5 Å². The summed E-state index contributed by atoms with van der Waals surface area (Å²) in [6.07, 6.45) is 2.91. The third-order valence-electron chi connectivity index (χ3n) is 3.36. The normalized spacial score (nSPS) is 11.8. The van der Waals surface area contributed by atoms with Gasteiger partial charge in [0, 0.05) is 29.0 Å². The zero-order chi connectivity index (χ0) is 14.6. The van der Waals surface area contributed by atoms with Crippen LogP contribution in [0.4, 0.5) is 0 Å². The zero-order valence-electron chi connectivity index (χ0n) is 12.9. The van der Waals surface area contributed by atoms with Crippen molar-refractivity contribution in [3.05, 3.63) is 51.5 Å². The first-order chi connectivity index (χ1) is 9.50. The van der Waals surface area contributed by atoms with Crippen LogP contribution in [0, 0.1) is 0 Å². The van der Waals surface area contributed by atoms with E-state index in [0.29, 0.717) is 0 Å². The van der Waals surface area contributed by atoms with Crippen molar-refractivity contribution in [3.63, 3.8) is 0 Å². The molecule has 0 atom stereocenters. The lowest BCUT2D eigenvalue weighted by Crippen LogP contribution is -2.14. The molecule has 0 aliphatic rings. The topological polar surface area (TPSA) is 24.9 Å². The Morgan fingerprint density at radius 3 is 2.60 bits per heavy atom. The number of pyridine rings is 1.